The SMILES string of the molecule is Cc1ccc(CCC(=O)NCC2CCCNC2)c(C)c1.Cl. The molecule has 21 heavy (non-hydrogen) atoms. The van der Waals surface area contributed by atoms with Gasteiger partial charge in [-0.3, -0.25) is 4.79 Å². The van der Waals surface area contributed by atoms with Crippen LogP contribution in [0.25, 0.3) is 0 Å². The first-order valence-corrected chi connectivity index (χ1v) is 7.68. The minimum Gasteiger partial charge on any atom is -0.356 e. The van der Waals surface area contributed by atoms with Crippen LogP contribution >= 0.6 is 12.4 Å². The number of hydrogen-bond donors (Lipinski definition) is 2. The maximum Gasteiger partial charge on any atom is 0.220 e. The largest absolute Gasteiger partial charge is 0.356 e. The molecule has 2 N–H and O–H groups in total. The van der Waals surface area contributed by atoms with Crippen molar-refractivity contribution in [3.8, 4) is 0 Å². The van der Waals surface area contributed by atoms with Crippen LogP contribution in [0.2, 0.25) is 0 Å². The molecule has 2 rings (SSSR count). The second-order valence-electron chi connectivity index (χ2n) is 5.95. The number of benzene rings is 1. The molecule has 118 valence electrons. The number of hydrogen-bond acceptors (Lipinski definition) is 2. The summed E-state index contributed by atoms with van der Waals surface area (Å²) in [7, 11) is 0. The Morgan fingerprint density at radius 1 is 1.38 bits per heavy atom. The van der Waals surface area contributed by atoms with Gasteiger partial charge in [-0.15, -0.1) is 12.4 Å². The Kier molecular flexibility index (Phi) is 7.76. The van der Waals surface area contributed by atoms with E-state index >= 15 is 0 Å². The van der Waals surface area contributed by atoms with E-state index in [1.54, 1.807) is 0 Å². The third kappa shape index (κ3) is 6.06. The molecule has 1 amide bonds. The van der Waals surface area contributed by atoms with Crippen LogP contribution in [0.1, 0.15) is 36.0 Å². The van der Waals surface area contributed by atoms with E-state index in [2.05, 4.69) is 42.7 Å². The molecule has 0 bridgehead atoms. The molecule has 0 aliphatic carbocycles. The third-order valence-electron chi connectivity index (χ3n) is 4.11. The van der Waals surface area contributed by atoms with E-state index in [1.807, 2.05) is 0 Å². The highest BCUT2D eigenvalue weighted by Crippen LogP contribution is 2.13. The molecule has 0 saturated carbocycles. The van der Waals surface area contributed by atoms with Gasteiger partial charge in [0, 0.05) is 13.0 Å². The van der Waals surface area contributed by atoms with Gasteiger partial charge in [0.2, 0.25) is 5.91 Å². The summed E-state index contributed by atoms with van der Waals surface area (Å²) in [6, 6.07) is 6.44. The highest BCUT2D eigenvalue weighted by atomic mass is 35.5. The number of halogens is 1. The van der Waals surface area contributed by atoms with Crippen molar-refractivity contribution in [2.45, 2.75) is 39.5 Å². The minimum absolute atomic E-state index is 0. The van der Waals surface area contributed by atoms with Gasteiger partial charge in [-0.25, -0.2) is 0 Å². The van der Waals surface area contributed by atoms with Gasteiger partial charge in [-0.05, 0) is 63.2 Å². The first-order valence-electron chi connectivity index (χ1n) is 7.68. The zero-order chi connectivity index (χ0) is 14.4. The first-order chi connectivity index (χ1) is 9.65. The molecular formula is C17H27ClN2O. The predicted molar refractivity (Wildman–Crippen MR) is 90.1 cm³/mol. The fourth-order valence-corrected chi connectivity index (χ4v) is 2.82. The van der Waals surface area contributed by atoms with Gasteiger partial charge < -0.3 is 10.6 Å². The van der Waals surface area contributed by atoms with Crippen molar-refractivity contribution in [2.24, 2.45) is 5.92 Å². The smallest absolute Gasteiger partial charge is 0.220 e. The topological polar surface area (TPSA) is 41.1 Å². The Labute approximate surface area is 134 Å². The van der Waals surface area contributed by atoms with E-state index in [0.717, 1.165) is 26.1 Å². The van der Waals surface area contributed by atoms with E-state index < -0.39 is 0 Å². The number of rotatable bonds is 5. The molecule has 1 saturated heterocycles. The van der Waals surface area contributed by atoms with E-state index in [0.29, 0.717) is 12.3 Å². The van der Waals surface area contributed by atoms with Crippen molar-refractivity contribution in [3.05, 3.63) is 34.9 Å². The molecule has 0 radical (unpaired) electrons. The molecule has 1 atom stereocenters. The highest BCUT2D eigenvalue weighted by Gasteiger charge is 2.13. The third-order valence-corrected chi connectivity index (χ3v) is 4.11. The fourth-order valence-electron chi connectivity index (χ4n) is 2.82. The maximum atomic E-state index is 11.9. The molecule has 1 fully saturated rings. The summed E-state index contributed by atoms with van der Waals surface area (Å²) < 4.78 is 0. The summed E-state index contributed by atoms with van der Waals surface area (Å²) >= 11 is 0. The van der Waals surface area contributed by atoms with Crippen LogP contribution in [-0.4, -0.2) is 25.5 Å². The second-order valence-corrected chi connectivity index (χ2v) is 5.95. The van der Waals surface area contributed by atoms with Crippen molar-refractivity contribution in [1.29, 1.82) is 0 Å². The van der Waals surface area contributed by atoms with Gasteiger partial charge >= 0.3 is 0 Å². The average molecular weight is 311 g/mol. The lowest BCUT2D eigenvalue weighted by Gasteiger charge is -2.22. The summed E-state index contributed by atoms with van der Waals surface area (Å²) in [4.78, 5) is 11.9. The summed E-state index contributed by atoms with van der Waals surface area (Å²) in [5.74, 6) is 0.782. The average Bonchev–Trinajstić information content (AvgIpc) is 2.45. The van der Waals surface area contributed by atoms with Crippen molar-refractivity contribution < 1.29 is 4.79 Å². The lowest BCUT2D eigenvalue weighted by Crippen LogP contribution is -2.38. The summed E-state index contributed by atoms with van der Waals surface area (Å²) in [6.45, 7) is 7.20. The van der Waals surface area contributed by atoms with Gasteiger partial charge in [0.1, 0.15) is 0 Å². The van der Waals surface area contributed by atoms with E-state index in [1.165, 1.54) is 29.5 Å². The Bertz CT molecular complexity index is 456. The first kappa shape index (κ1) is 18.0. The van der Waals surface area contributed by atoms with Gasteiger partial charge in [0.05, 0.1) is 0 Å². The van der Waals surface area contributed by atoms with Crippen molar-refractivity contribution in [3.63, 3.8) is 0 Å². The predicted octanol–water partition coefficient (Wildman–Crippen LogP) is 2.77. The maximum absolute atomic E-state index is 11.9. The molecular weight excluding hydrogens is 284 g/mol. The van der Waals surface area contributed by atoms with Crippen molar-refractivity contribution in [2.75, 3.05) is 19.6 Å². The lowest BCUT2D eigenvalue weighted by molar-refractivity contribution is -0.121. The fraction of sp³-hybridized carbons (Fsp3) is 0.588. The van der Waals surface area contributed by atoms with E-state index in [-0.39, 0.29) is 18.3 Å². The molecule has 1 aliphatic heterocycles. The standard InChI is InChI=1S/C17H26N2O.ClH/c1-13-5-6-16(14(2)10-13)7-8-17(20)19-12-15-4-3-9-18-11-15;/h5-6,10,15,18H,3-4,7-9,11-12H2,1-2H3,(H,19,20);1H. The number of carbonyl (C=O) groups is 1. The molecule has 3 nitrogen and oxygen atoms in total. The van der Waals surface area contributed by atoms with E-state index in [9.17, 15) is 4.79 Å². The molecule has 1 aliphatic rings. The van der Waals surface area contributed by atoms with Crippen LogP contribution in [0.4, 0.5) is 0 Å². The molecule has 1 heterocycles. The van der Waals surface area contributed by atoms with Crippen LogP contribution in [0.15, 0.2) is 18.2 Å². The van der Waals surface area contributed by atoms with Crippen LogP contribution in [-0.2, 0) is 11.2 Å². The Hall–Kier alpha value is -1.06. The van der Waals surface area contributed by atoms with Crippen molar-refractivity contribution in [1.82, 2.24) is 10.6 Å². The zero-order valence-corrected chi connectivity index (χ0v) is 13.9. The highest BCUT2D eigenvalue weighted by molar-refractivity contribution is 5.85. The number of piperidine rings is 1. The van der Waals surface area contributed by atoms with Gasteiger partial charge in [-0.1, -0.05) is 23.8 Å². The second kappa shape index (κ2) is 9.06. The van der Waals surface area contributed by atoms with Gasteiger partial charge in [0.25, 0.3) is 0 Å². The Morgan fingerprint density at radius 2 is 2.19 bits per heavy atom. The van der Waals surface area contributed by atoms with Crippen LogP contribution in [0.3, 0.4) is 0 Å². The molecule has 4 heteroatoms. The monoisotopic (exact) mass is 310 g/mol. The number of nitrogens with one attached hydrogen (secondary N) is 2. The molecule has 1 aromatic carbocycles. The normalized spacial score (nSPS) is 17.9. The van der Waals surface area contributed by atoms with Gasteiger partial charge in [-0.2, -0.15) is 0 Å². The summed E-state index contributed by atoms with van der Waals surface area (Å²) in [5, 5.41) is 6.45. The Balaban J connectivity index is 0.00000220. The zero-order valence-electron chi connectivity index (χ0n) is 13.1. The van der Waals surface area contributed by atoms with Crippen LogP contribution in [0.5, 0.6) is 0 Å². The Morgan fingerprint density at radius 3 is 2.86 bits per heavy atom. The summed E-state index contributed by atoms with van der Waals surface area (Å²) in [5.41, 5.74) is 3.85. The molecule has 0 spiro atoms. The molecule has 1 aromatic rings. The van der Waals surface area contributed by atoms with Crippen LogP contribution in [0, 0.1) is 19.8 Å². The minimum atomic E-state index is 0. The van der Waals surface area contributed by atoms with Crippen molar-refractivity contribution >= 4 is 18.3 Å². The van der Waals surface area contributed by atoms with Crippen LogP contribution < -0.4 is 10.6 Å². The van der Waals surface area contributed by atoms with E-state index in [4.69, 9.17) is 0 Å². The lowest BCUT2D eigenvalue weighted by atomic mass is 9.99. The molecule has 0 aromatic heterocycles. The number of amides is 1. The molecule has 1 unspecified atom stereocenters. The number of aryl methyl sites for hydroxylation is 3. The van der Waals surface area contributed by atoms with Gasteiger partial charge in [0.15, 0.2) is 0 Å². The summed E-state index contributed by atoms with van der Waals surface area (Å²) in [6.07, 6.45) is 3.87. The quantitative estimate of drug-likeness (QED) is 0.878. The number of carbonyl (C=O) groups excluding carboxylic acids is 1.